The van der Waals surface area contributed by atoms with Crippen LogP contribution in [-0.2, 0) is 4.79 Å². The van der Waals surface area contributed by atoms with Crippen molar-refractivity contribution >= 4 is 5.97 Å². The zero-order valence-electron chi connectivity index (χ0n) is 11.1. The van der Waals surface area contributed by atoms with Crippen molar-refractivity contribution in [3.63, 3.8) is 0 Å². The minimum Gasteiger partial charge on any atom is -0.480 e. The normalized spacial score (nSPS) is 26.5. The summed E-state index contributed by atoms with van der Waals surface area (Å²) in [5, 5.41) is 9.28. The minimum absolute atomic E-state index is 0.204. The highest BCUT2D eigenvalue weighted by molar-refractivity contribution is 5.74. The molecule has 0 radical (unpaired) electrons. The third-order valence-electron chi connectivity index (χ3n) is 4.52. The SMILES string of the molecule is CC(C)C(C(=O)O)N1CC2(CCCCCC2)C1. The van der Waals surface area contributed by atoms with Gasteiger partial charge in [-0.3, -0.25) is 9.69 Å². The molecule has 2 rings (SSSR count). The first-order valence-corrected chi connectivity index (χ1v) is 7.01. The zero-order chi connectivity index (χ0) is 12.5. The summed E-state index contributed by atoms with van der Waals surface area (Å²) in [7, 11) is 0. The largest absolute Gasteiger partial charge is 0.480 e. The number of rotatable bonds is 3. The van der Waals surface area contributed by atoms with Crippen molar-refractivity contribution in [1.82, 2.24) is 4.90 Å². The number of likely N-dealkylation sites (tertiary alicyclic amines) is 1. The van der Waals surface area contributed by atoms with Crippen LogP contribution in [0.4, 0.5) is 0 Å². The Morgan fingerprint density at radius 3 is 2.06 bits per heavy atom. The van der Waals surface area contributed by atoms with Gasteiger partial charge in [0.1, 0.15) is 6.04 Å². The lowest BCUT2D eigenvalue weighted by atomic mass is 9.72. The van der Waals surface area contributed by atoms with Crippen molar-refractivity contribution in [1.29, 1.82) is 0 Å². The highest BCUT2D eigenvalue weighted by Gasteiger charge is 2.47. The van der Waals surface area contributed by atoms with E-state index in [2.05, 4.69) is 4.90 Å². The molecule has 3 nitrogen and oxygen atoms in total. The minimum atomic E-state index is -0.650. The van der Waals surface area contributed by atoms with Gasteiger partial charge < -0.3 is 5.11 Å². The molecule has 3 heteroatoms. The topological polar surface area (TPSA) is 40.5 Å². The summed E-state index contributed by atoms with van der Waals surface area (Å²) in [6, 6.07) is -0.274. The molecule has 1 aliphatic carbocycles. The standard InChI is InChI=1S/C14H25NO2/c1-11(2)12(13(16)17)15-9-14(10-15)7-5-3-4-6-8-14/h11-12H,3-10H2,1-2H3,(H,16,17). The van der Waals surface area contributed by atoms with Crippen LogP contribution in [0.5, 0.6) is 0 Å². The predicted octanol–water partition coefficient (Wildman–Crippen LogP) is 2.75. The van der Waals surface area contributed by atoms with E-state index in [1.807, 2.05) is 13.8 Å². The molecule has 2 fully saturated rings. The molecule has 1 aliphatic heterocycles. The van der Waals surface area contributed by atoms with E-state index in [1.165, 1.54) is 38.5 Å². The van der Waals surface area contributed by atoms with E-state index in [-0.39, 0.29) is 12.0 Å². The van der Waals surface area contributed by atoms with E-state index >= 15 is 0 Å². The Balaban J connectivity index is 1.93. The van der Waals surface area contributed by atoms with Crippen molar-refractivity contribution in [2.75, 3.05) is 13.1 Å². The summed E-state index contributed by atoms with van der Waals surface area (Å²) >= 11 is 0. The number of carboxylic acids is 1. The molecule has 98 valence electrons. The van der Waals surface area contributed by atoms with Gasteiger partial charge in [-0.05, 0) is 24.2 Å². The average molecular weight is 239 g/mol. The molecule has 1 spiro atoms. The second-order valence-electron chi connectivity index (χ2n) is 6.35. The second kappa shape index (κ2) is 4.97. The van der Waals surface area contributed by atoms with Gasteiger partial charge in [0.05, 0.1) is 0 Å². The number of carbonyl (C=O) groups is 1. The summed E-state index contributed by atoms with van der Waals surface area (Å²) in [4.78, 5) is 13.5. The molecule has 1 atom stereocenters. The Morgan fingerprint density at radius 1 is 1.12 bits per heavy atom. The summed E-state index contributed by atoms with van der Waals surface area (Å²) in [5.74, 6) is -0.445. The van der Waals surface area contributed by atoms with Crippen LogP contribution in [-0.4, -0.2) is 35.1 Å². The number of hydrogen-bond donors (Lipinski definition) is 1. The molecule has 0 amide bonds. The van der Waals surface area contributed by atoms with Gasteiger partial charge in [-0.2, -0.15) is 0 Å². The van der Waals surface area contributed by atoms with Gasteiger partial charge in [0, 0.05) is 13.1 Å². The van der Waals surface area contributed by atoms with Crippen molar-refractivity contribution in [2.45, 2.75) is 58.4 Å². The third kappa shape index (κ3) is 2.65. The Morgan fingerprint density at radius 2 is 1.65 bits per heavy atom. The monoisotopic (exact) mass is 239 g/mol. The third-order valence-corrected chi connectivity index (χ3v) is 4.52. The molecule has 0 aromatic carbocycles. The first-order valence-electron chi connectivity index (χ1n) is 7.01. The van der Waals surface area contributed by atoms with Gasteiger partial charge in [0.25, 0.3) is 0 Å². The number of hydrogen-bond acceptors (Lipinski definition) is 2. The predicted molar refractivity (Wildman–Crippen MR) is 68.0 cm³/mol. The van der Waals surface area contributed by atoms with E-state index < -0.39 is 5.97 Å². The maximum atomic E-state index is 11.3. The van der Waals surface area contributed by atoms with Crippen LogP contribution >= 0.6 is 0 Å². The molecule has 1 unspecified atom stereocenters. The van der Waals surface area contributed by atoms with Gasteiger partial charge >= 0.3 is 5.97 Å². The van der Waals surface area contributed by atoms with E-state index in [1.54, 1.807) is 0 Å². The molecule has 1 N–H and O–H groups in total. The maximum Gasteiger partial charge on any atom is 0.321 e. The van der Waals surface area contributed by atoms with Crippen LogP contribution in [0.25, 0.3) is 0 Å². The summed E-state index contributed by atoms with van der Waals surface area (Å²) in [5.41, 5.74) is 0.471. The summed E-state index contributed by atoms with van der Waals surface area (Å²) in [6.45, 7) is 6.05. The second-order valence-corrected chi connectivity index (χ2v) is 6.35. The van der Waals surface area contributed by atoms with Crippen molar-refractivity contribution < 1.29 is 9.90 Å². The molecule has 0 bridgehead atoms. The summed E-state index contributed by atoms with van der Waals surface area (Å²) < 4.78 is 0. The lowest BCUT2D eigenvalue weighted by Crippen LogP contribution is -2.62. The van der Waals surface area contributed by atoms with Crippen molar-refractivity contribution in [3.05, 3.63) is 0 Å². The highest BCUT2D eigenvalue weighted by Crippen LogP contribution is 2.44. The Labute approximate surface area is 104 Å². The number of nitrogens with zero attached hydrogens (tertiary/aromatic N) is 1. The van der Waals surface area contributed by atoms with Gasteiger partial charge in [-0.15, -0.1) is 0 Å². The van der Waals surface area contributed by atoms with Crippen molar-refractivity contribution in [2.24, 2.45) is 11.3 Å². The van der Waals surface area contributed by atoms with Crippen LogP contribution in [0.2, 0.25) is 0 Å². The van der Waals surface area contributed by atoms with Crippen LogP contribution < -0.4 is 0 Å². The molecule has 2 aliphatic rings. The lowest BCUT2D eigenvalue weighted by molar-refractivity contribution is -0.153. The van der Waals surface area contributed by atoms with Crippen molar-refractivity contribution in [3.8, 4) is 0 Å². The van der Waals surface area contributed by atoms with E-state index in [9.17, 15) is 9.90 Å². The van der Waals surface area contributed by atoms with E-state index in [4.69, 9.17) is 0 Å². The van der Waals surface area contributed by atoms with Crippen LogP contribution in [0.15, 0.2) is 0 Å². The maximum absolute atomic E-state index is 11.3. The Hall–Kier alpha value is -0.570. The quantitative estimate of drug-likeness (QED) is 0.823. The smallest absolute Gasteiger partial charge is 0.321 e. The molecule has 1 heterocycles. The van der Waals surface area contributed by atoms with Crippen LogP contribution in [0.3, 0.4) is 0 Å². The van der Waals surface area contributed by atoms with Crippen LogP contribution in [0.1, 0.15) is 52.4 Å². The molecular weight excluding hydrogens is 214 g/mol. The highest BCUT2D eigenvalue weighted by atomic mass is 16.4. The van der Waals surface area contributed by atoms with Gasteiger partial charge in [0.2, 0.25) is 0 Å². The Kier molecular flexibility index (Phi) is 3.76. The number of aliphatic carboxylic acids is 1. The molecule has 17 heavy (non-hydrogen) atoms. The Bertz CT molecular complexity index is 272. The molecule has 0 aromatic rings. The van der Waals surface area contributed by atoms with E-state index in [0.29, 0.717) is 5.41 Å². The van der Waals surface area contributed by atoms with Gasteiger partial charge in [-0.1, -0.05) is 39.5 Å². The number of carboxylic acid groups (broad SMARTS) is 1. The zero-order valence-corrected chi connectivity index (χ0v) is 11.1. The van der Waals surface area contributed by atoms with E-state index in [0.717, 1.165) is 13.1 Å². The summed E-state index contributed by atoms with van der Waals surface area (Å²) in [6.07, 6.45) is 8.05. The van der Waals surface area contributed by atoms with Crippen LogP contribution in [0, 0.1) is 11.3 Å². The first-order chi connectivity index (χ1) is 8.04. The fraction of sp³-hybridized carbons (Fsp3) is 0.929. The van der Waals surface area contributed by atoms with Gasteiger partial charge in [-0.25, -0.2) is 0 Å². The molecule has 1 saturated heterocycles. The molecular formula is C14H25NO2. The average Bonchev–Trinajstić information content (AvgIpc) is 2.41. The fourth-order valence-electron chi connectivity index (χ4n) is 3.67. The molecule has 0 aromatic heterocycles. The first kappa shape index (κ1) is 12.9. The molecule has 1 saturated carbocycles. The fourth-order valence-corrected chi connectivity index (χ4v) is 3.67. The van der Waals surface area contributed by atoms with Gasteiger partial charge in [0.15, 0.2) is 0 Å². The lowest BCUT2D eigenvalue weighted by Gasteiger charge is -2.53.